The number of hydrogen-bond acceptors (Lipinski definition) is 3. The van der Waals surface area contributed by atoms with Crippen LogP contribution >= 0.6 is 11.3 Å². The van der Waals surface area contributed by atoms with Crippen molar-refractivity contribution >= 4 is 42.9 Å². The van der Waals surface area contributed by atoms with Gasteiger partial charge in [-0.25, -0.2) is 9.69 Å². The molecule has 0 amide bonds. The molecule has 1 heterocycles. The summed E-state index contributed by atoms with van der Waals surface area (Å²) in [4.78, 5) is 7.46. The lowest BCUT2D eigenvalue weighted by Gasteiger charge is -2.14. The van der Waals surface area contributed by atoms with Crippen LogP contribution in [0, 0.1) is 35.8 Å². The van der Waals surface area contributed by atoms with Crippen molar-refractivity contribution in [3.8, 4) is 56.6 Å². The lowest BCUT2D eigenvalue weighted by molar-refractivity contribution is 1.48. The quantitative estimate of drug-likeness (QED) is 0.192. The molecule has 0 spiro atoms. The summed E-state index contributed by atoms with van der Waals surface area (Å²) in [7, 11) is 0. The van der Waals surface area contributed by atoms with Crippen LogP contribution < -0.4 is 0 Å². The maximum atomic E-state index is 9.88. The topological polar surface area (TPSA) is 56.3 Å². The molecule has 4 nitrogen and oxygen atoms in total. The molecule has 7 rings (SSSR count). The summed E-state index contributed by atoms with van der Waals surface area (Å²) in [5.74, 6) is 0. The molecule has 7 aromatic rings. The molecule has 0 saturated heterocycles. The van der Waals surface area contributed by atoms with E-state index in [0.29, 0.717) is 33.6 Å². The minimum absolute atomic E-state index is 0.450. The van der Waals surface area contributed by atoms with Crippen LogP contribution in [0.1, 0.15) is 11.1 Å². The zero-order chi connectivity index (χ0) is 30.9. The van der Waals surface area contributed by atoms with Crippen molar-refractivity contribution in [3.63, 3.8) is 0 Å². The summed E-state index contributed by atoms with van der Waals surface area (Å²) in [5, 5.41) is 22.0. The van der Waals surface area contributed by atoms with Crippen LogP contribution in [0.5, 0.6) is 0 Å². The molecule has 0 radical (unpaired) electrons. The van der Waals surface area contributed by atoms with Crippen molar-refractivity contribution in [3.05, 3.63) is 155 Å². The summed E-state index contributed by atoms with van der Waals surface area (Å²) in [5.41, 5.74) is 8.74. The zero-order valence-electron chi connectivity index (χ0n) is 23.7. The molecule has 0 saturated carbocycles. The largest absolute Gasteiger partial charge is 0.237 e. The van der Waals surface area contributed by atoms with Crippen LogP contribution in [0.4, 0.5) is 11.4 Å². The summed E-state index contributed by atoms with van der Waals surface area (Å²) in [6.07, 6.45) is 0. The Hall–Kier alpha value is -6.50. The third kappa shape index (κ3) is 4.59. The van der Waals surface area contributed by atoms with Crippen LogP contribution in [0.2, 0.25) is 0 Å². The first-order chi connectivity index (χ1) is 22.1. The predicted molar refractivity (Wildman–Crippen MR) is 183 cm³/mol. The van der Waals surface area contributed by atoms with Crippen LogP contribution in [0.15, 0.2) is 121 Å². The number of nitrogens with zero attached hydrogens (tertiary/aromatic N) is 4. The summed E-state index contributed by atoms with van der Waals surface area (Å²) >= 11 is 1.73. The lowest BCUT2D eigenvalue weighted by Crippen LogP contribution is -1.89. The van der Waals surface area contributed by atoms with Gasteiger partial charge in [-0.15, -0.1) is 11.3 Å². The summed E-state index contributed by atoms with van der Waals surface area (Å²) < 4.78 is 2.31. The second-order valence-corrected chi connectivity index (χ2v) is 11.5. The molecule has 0 unspecified atom stereocenters. The number of nitriles is 2. The minimum atomic E-state index is 0.450. The molecular weight excluding hydrogens is 569 g/mol. The summed E-state index contributed by atoms with van der Waals surface area (Å²) in [6.45, 7) is 15.5. The second-order valence-electron chi connectivity index (χ2n) is 10.5. The maximum absolute atomic E-state index is 9.88. The Morgan fingerprint density at radius 2 is 0.911 bits per heavy atom. The molecule has 0 bridgehead atoms. The molecule has 0 aliphatic rings. The fourth-order valence-electron chi connectivity index (χ4n) is 6.04. The molecule has 0 N–H and O–H groups in total. The van der Waals surface area contributed by atoms with Crippen molar-refractivity contribution in [2.45, 2.75) is 0 Å². The fourth-order valence-corrected chi connectivity index (χ4v) is 7.10. The van der Waals surface area contributed by atoms with Crippen molar-refractivity contribution in [1.29, 1.82) is 10.5 Å². The van der Waals surface area contributed by atoms with Gasteiger partial charge in [0.1, 0.15) is 0 Å². The molecule has 0 aliphatic heterocycles. The van der Waals surface area contributed by atoms with E-state index >= 15 is 0 Å². The summed E-state index contributed by atoms with van der Waals surface area (Å²) in [6, 6.07) is 43.8. The Labute approximate surface area is 264 Å². The fraction of sp³-hybridized carbons (Fsp3) is 0. The Morgan fingerprint density at radius 1 is 0.489 bits per heavy atom. The maximum Gasteiger partial charge on any atom is 0.196 e. The Kier molecular flexibility index (Phi) is 6.86. The number of hydrogen-bond donors (Lipinski definition) is 0. The van der Waals surface area contributed by atoms with Gasteiger partial charge in [-0.1, -0.05) is 84.9 Å². The van der Waals surface area contributed by atoms with Crippen LogP contribution in [0.25, 0.3) is 74.4 Å². The Bertz CT molecular complexity index is 2260. The van der Waals surface area contributed by atoms with E-state index in [1.54, 1.807) is 47.7 Å². The molecule has 206 valence electrons. The third-order valence-electron chi connectivity index (χ3n) is 8.05. The molecule has 0 aliphatic carbocycles. The van der Waals surface area contributed by atoms with Crippen LogP contribution in [-0.4, -0.2) is 0 Å². The first kappa shape index (κ1) is 27.3. The van der Waals surface area contributed by atoms with E-state index in [9.17, 15) is 10.5 Å². The minimum Gasteiger partial charge on any atom is -0.237 e. The van der Waals surface area contributed by atoms with Crippen molar-refractivity contribution in [2.24, 2.45) is 0 Å². The predicted octanol–water partition coefficient (Wildman–Crippen LogP) is 11.6. The molecule has 6 aromatic carbocycles. The van der Waals surface area contributed by atoms with Gasteiger partial charge in [0.15, 0.2) is 11.4 Å². The standard InChI is InChI=1S/C40H20N4S/c1-43-35-15-7-9-27(23-41)39(35)31-13-5-3-11-29(31)25-17-19-37-33(21-25)34-22-26(18-20-38(34)45-37)30-12-4-6-14-32(30)40-28(24-42)10-8-16-36(40)44-2/h3-22H. The second kappa shape index (κ2) is 11.3. The van der Waals surface area contributed by atoms with Crippen LogP contribution in [0.3, 0.4) is 0 Å². The first-order valence-electron chi connectivity index (χ1n) is 14.1. The normalized spacial score (nSPS) is 10.6. The molecule has 5 heteroatoms. The highest BCUT2D eigenvalue weighted by molar-refractivity contribution is 7.25. The van der Waals surface area contributed by atoms with Crippen LogP contribution in [-0.2, 0) is 0 Å². The average molecular weight is 589 g/mol. The third-order valence-corrected chi connectivity index (χ3v) is 9.20. The lowest BCUT2D eigenvalue weighted by atomic mass is 9.89. The van der Waals surface area contributed by atoms with Gasteiger partial charge in [-0.2, -0.15) is 10.5 Å². The van der Waals surface area contributed by atoms with Gasteiger partial charge in [-0.05, 0) is 69.8 Å². The van der Waals surface area contributed by atoms with E-state index in [-0.39, 0.29) is 0 Å². The van der Waals surface area contributed by atoms with E-state index in [2.05, 4.69) is 58.2 Å². The van der Waals surface area contributed by atoms with Gasteiger partial charge in [-0.3, -0.25) is 0 Å². The number of thiophene rings is 1. The van der Waals surface area contributed by atoms with E-state index in [1.807, 2.05) is 48.5 Å². The number of fused-ring (bicyclic) bond motifs is 3. The van der Waals surface area contributed by atoms with Gasteiger partial charge >= 0.3 is 0 Å². The van der Waals surface area contributed by atoms with Crippen molar-refractivity contribution < 1.29 is 0 Å². The smallest absolute Gasteiger partial charge is 0.196 e. The first-order valence-corrected chi connectivity index (χ1v) is 14.9. The SMILES string of the molecule is [C-]#[N+]c1cccc(C#N)c1-c1ccccc1-c1ccc2sc3ccc(-c4ccccc4-c4c(C#N)cccc4[N+]#[C-])cc3c2c1. The van der Waals surface area contributed by atoms with Gasteiger partial charge in [0.25, 0.3) is 0 Å². The van der Waals surface area contributed by atoms with Gasteiger partial charge in [0, 0.05) is 42.4 Å². The Balaban J connectivity index is 1.42. The molecule has 45 heavy (non-hydrogen) atoms. The van der Waals surface area contributed by atoms with Gasteiger partial charge < -0.3 is 0 Å². The van der Waals surface area contributed by atoms with E-state index < -0.39 is 0 Å². The van der Waals surface area contributed by atoms with Crippen molar-refractivity contribution in [1.82, 2.24) is 0 Å². The highest BCUT2D eigenvalue weighted by Gasteiger charge is 2.18. The highest BCUT2D eigenvalue weighted by atomic mass is 32.1. The number of benzene rings is 6. The Morgan fingerprint density at radius 3 is 1.31 bits per heavy atom. The molecule has 0 atom stereocenters. The van der Waals surface area contributed by atoms with Gasteiger partial charge in [0.05, 0.1) is 25.3 Å². The van der Waals surface area contributed by atoms with Gasteiger partial charge in [0.2, 0.25) is 0 Å². The zero-order valence-corrected chi connectivity index (χ0v) is 24.6. The molecular formula is C40H20N4S. The highest BCUT2D eigenvalue weighted by Crippen LogP contribution is 2.44. The van der Waals surface area contributed by atoms with E-state index in [4.69, 9.17) is 13.1 Å². The van der Waals surface area contributed by atoms with Crippen molar-refractivity contribution in [2.75, 3.05) is 0 Å². The monoisotopic (exact) mass is 588 g/mol. The number of rotatable bonds is 4. The van der Waals surface area contributed by atoms with E-state index in [0.717, 1.165) is 53.6 Å². The van der Waals surface area contributed by atoms with E-state index in [1.165, 1.54) is 0 Å². The average Bonchev–Trinajstić information content (AvgIpc) is 3.48. The molecule has 0 fully saturated rings. The molecule has 1 aromatic heterocycles.